The second-order valence-corrected chi connectivity index (χ2v) is 6.99. The highest BCUT2D eigenvalue weighted by molar-refractivity contribution is 5.94. The second-order valence-electron chi connectivity index (χ2n) is 6.99. The molecule has 0 unspecified atom stereocenters. The summed E-state index contributed by atoms with van der Waals surface area (Å²) in [5.41, 5.74) is 3.54. The molecule has 0 aliphatic carbocycles. The van der Waals surface area contributed by atoms with Crippen molar-refractivity contribution in [1.82, 2.24) is 20.0 Å². The number of methoxy groups -OCH3 is 2. The lowest BCUT2D eigenvalue weighted by atomic mass is 10.0. The number of hydrogen-bond donors (Lipinski definition) is 1. The van der Waals surface area contributed by atoms with E-state index in [4.69, 9.17) is 9.47 Å². The number of carbonyl (C=O) groups excluding carboxylic acids is 2. The van der Waals surface area contributed by atoms with Crippen LogP contribution in [0.4, 0.5) is 0 Å². The summed E-state index contributed by atoms with van der Waals surface area (Å²) in [5.74, 6) is 0.401. The summed E-state index contributed by atoms with van der Waals surface area (Å²) in [6.45, 7) is 5.01. The molecule has 8 nitrogen and oxygen atoms in total. The van der Waals surface area contributed by atoms with Crippen LogP contribution in [-0.2, 0) is 29.0 Å². The first kappa shape index (κ1) is 20.9. The van der Waals surface area contributed by atoms with Crippen LogP contribution < -0.4 is 10.1 Å². The zero-order valence-electron chi connectivity index (χ0n) is 17.2. The normalized spacial score (nSPS) is 13.6. The molecular formula is C21H28N4O4. The molecule has 29 heavy (non-hydrogen) atoms. The van der Waals surface area contributed by atoms with Gasteiger partial charge in [-0.25, -0.2) is 0 Å². The summed E-state index contributed by atoms with van der Waals surface area (Å²) >= 11 is 0. The third kappa shape index (κ3) is 4.95. The van der Waals surface area contributed by atoms with Crippen LogP contribution in [0.1, 0.15) is 40.7 Å². The van der Waals surface area contributed by atoms with E-state index >= 15 is 0 Å². The van der Waals surface area contributed by atoms with Crippen molar-refractivity contribution >= 4 is 11.9 Å². The lowest BCUT2D eigenvalue weighted by molar-refractivity contribution is -0.141. The molecule has 156 valence electrons. The lowest BCUT2D eigenvalue weighted by Gasteiger charge is -2.27. The van der Waals surface area contributed by atoms with Crippen molar-refractivity contribution < 1.29 is 19.1 Å². The molecule has 0 saturated carbocycles. The number of aromatic nitrogens is 2. The van der Waals surface area contributed by atoms with E-state index in [0.717, 1.165) is 35.5 Å². The van der Waals surface area contributed by atoms with Gasteiger partial charge >= 0.3 is 5.97 Å². The van der Waals surface area contributed by atoms with Crippen molar-refractivity contribution in [1.29, 1.82) is 0 Å². The Morgan fingerprint density at radius 2 is 2.10 bits per heavy atom. The molecule has 1 N–H and O–H groups in total. The standard InChI is InChI=1S/C21H28N4O4/c1-4-22-21(27)20-17-14-24(11-9-19(26)29-3)10-8-18(17)25(23-20)13-15-6-5-7-16(12-15)28-2/h5-7,12H,4,8-11,13-14H2,1-3H3,(H,22,27). The number of rotatable bonds is 8. The van der Waals surface area contributed by atoms with E-state index in [0.29, 0.717) is 38.3 Å². The maximum Gasteiger partial charge on any atom is 0.306 e. The molecule has 0 fully saturated rings. The van der Waals surface area contributed by atoms with Crippen LogP contribution in [-0.4, -0.2) is 60.4 Å². The van der Waals surface area contributed by atoms with Crippen LogP contribution in [0.25, 0.3) is 0 Å². The molecule has 3 rings (SSSR count). The van der Waals surface area contributed by atoms with Gasteiger partial charge in [-0.1, -0.05) is 12.1 Å². The minimum atomic E-state index is -0.228. The Labute approximate surface area is 170 Å². The molecule has 0 bridgehead atoms. The molecule has 2 heterocycles. The minimum absolute atomic E-state index is 0.164. The van der Waals surface area contributed by atoms with Crippen molar-refractivity contribution in [3.8, 4) is 5.75 Å². The lowest BCUT2D eigenvalue weighted by Crippen LogP contribution is -2.34. The molecule has 0 radical (unpaired) electrons. The molecule has 0 spiro atoms. The van der Waals surface area contributed by atoms with Gasteiger partial charge in [-0.3, -0.25) is 19.2 Å². The Morgan fingerprint density at radius 1 is 1.28 bits per heavy atom. The second kappa shape index (κ2) is 9.56. The van der Waals surface area contributed by atoms with E-state index in [9.17, 15) is 9.59 Å². The van der Waals surface area contributed by atoms with Crippen LogP contribution in [0.3, 0.4) is 0 Å². The summed E-state index contributed by atoms with van der Waals surface area (Å²) in [4.78, 5) is 26.2. The smallest absolute Gasteiger partial charge is 0.306 e. The average Bonchev–Trinajstić information content (AvgIpc) is 3.10. The summed E-state index contributed by atoms with van der Waals surface area (Å²) in [5, 5.41) is 7.51. The molecule has 1 aliphatic rings. The van der Waals surface area contributed by atoms with Gasteiger partial charge in [-0.05, 0) is 24.6 Å². The van der Waals surface area contributed by atoms with Gasteiger partial charge in [0, 0.05) is 43.9 Å². The Morgan fingerprint density at radius 3 is 2.83 bits per heavy atom. The third-order valence-corrected chi connectivity index (χ3v) is 5.09. The predicted octanol–water partition coefficient (Wildman–Crippen LogP) is 1.61. The van der Waals surface area contributed by atoms with Crippen LogP contribution >= 0.6 is 0 Å². The van der Waals surface area contributed by atoms with E-state index in [1.165, 1.54) is 7.11 Å². The SMILES string of the molecule is CCNC(=O)c1nn(Cc2cccc(OC)c2)c2c1CN(CCC(=O)OC)CC2. The topological polar surface area (TPSA) is 85.7 Å². The number of esters is 1. The minimum Gasteiger partial charge on any atom is -0.497 e. The highest BCUT2D eigenvalue weighted by Crippen LogP contribution is 2.24. The highest BCUT2D eigenvalue weighted by Gasteiger charge is 2.28. The number of ether oxygens (including phenoxy) is 2. The van der Waals surface area contributed by atoms with Crippen LogP contribution in [0.2, 0.25) is 0 Å². The first-order chi connectivity index (χ1) is 14.0. The Balaban J connectivity index is 1.85. The quantitative estimate of drug-likeness (QED) is 0.678. The van der Waals surface area contributed by atoms with E-state index in [1.54, 1.807) is 7.11 Å². The first-order valence-electron chi connectivity index (χ1n) is 9.84. The number of nitrogens with zero attached hydrogens (tertiary/aromatic N) is 3. The maximum absolute atomic E-state index is 12.6. The van der Waals surface area contributed by atoms with Gasteiger partial charge in [0.2, 0.25) is 0 Å². The van der Waals surface area contributed by atoms with E-state index in [1.807, 2.05) is 35.9 Å². The zero-order chi connectivity index (χ0) is 20.8. The van der Waals surface area contributed by atoms with Crippen LogP contribution in [0, 0.1) is 0 Å². The van der Waals surface area contributed by atoms with E-state index < -0.39 is 0 Å². The number of nitrogens with one attached hydrogen (secondary N) is 1. The molecule has 0 atom stereocenters. The number of benzene rings is 1. The van der Waals surface area contributed by atoms with E-state index in [-0.39, 0.29) is 11.9 Å². The van der Waals surface area contributed by atoms with Gasteiger partial charge in [0.05, 0.1) is 27.2 Å². The van der Waals surface area contributed by atoms with E-state index in [2.05, 4.69) is 15.3 Å². The molecule has 1 aliphatic heterocycles. The number of amides is 1. The maximum atomic E-state index is 12.6. The molecule has 8 heteroatoms. The summed E-state index contributed by atoms with van der Waals surface area (Å²) in [6, 6.07) is 7.85. The number of carbonyl (C=O) groups is 2. The van der Waals surface area contributed by atoms with Gasteiger partial charge in [0.1, 0.15) is 5.75 Å². The molecule has 1 amide bonds. The summed E-state index contributed by atoms with van der Waals surface area (Å²) < 4.78 is 12.0. The highest BCUT2D eigenvalue weighted by atomic mass is 16.5. The van der Waals surface area contributed by atoms with Crippen molar-refractivity contribution in [2.45, 2.75) is 32.9 Å². The van der Waals surface area contributed by atoms with Crippen molar-refractivity contribution in [2.24, 2.45) is 0 Å². The summed E-state index contributed by atoms with van der Waals surface area (Å²) in [6.07, 6.45) is 1.10. The van der Waals surface area contributed by atoms with Gasteiger partial charge in [-0.2, -0.15) is 5.10 Å². The fraction of sp³-hybridized carbons (Fsp3) is 0.476. The zero-order valence-corrected chi connectivity index (χ0v) is 17.2. The molecular weight excluding hydrogens is 372 g/mol. The Bertz CT molecular complexity index is 878. The Kier molecular flexibility index (Phi) is 6.87. The van der Waals surface area contributed by atoms with Gasteiger partial charge in [-0.15, -0.1) is 0 Å². The van der Waals surface area contributed by atoms with Crippen molar-refractivity contribution in [3.05, 3.63) is 46.8 Å². The van der Waals surface area contributed by atoms with Gasteiger partial charge in [0.15, 0.2) is 5.69 Å². The molecule has 1 aromatic heterocycles. The molecule has 2 aromatic rings. The molecule has 0 saturated heterocycles. The van der Waals surface area contributed by atoms with Crippen LogP contribution in [0.5, 0.6) is 5.75 Å². The first-order valence-corrected chi connectivity index (χ1v) is 9.84. The van der Waals surface area contributed by atoms with Crippen molar-refractivity contribution in [2.75, 3.05) is 33.9 Å². The van der Waals surface area contributed by atoms with Crippen molar-refractivity contribution in [3.63, 3.8) is 0 Å². The largest absolute Gasteiger partial charge is 0.497 e. The number of fused-ring (bicyclic) bond motifs is 1. The fourth-order valence-electron chi connectivity index (χ4n) is 3.59. The van der Waals surface area contributed by atoms with Gasteiger partial charge in [0.25, 0.3) is 5.91 Å². The van der Waals surface area contributed by atoms with Crippen LogP contribution in [0.15, 0.2) is 24.3 Å². The predicted molar refractivity (Wildman–Crippen MR) is 108 cm³/mol. The third-order valence-electron chi connectivity index (χ3n) is 5.09. The Hall–Kier alpha value is -2.87. The fourth-order valence-corrected chi connectivity index (χ4v) is 3.59. The van der Waals surface area contributed by atoms with Gasteiger partial charge < -0.3 is 14.8 Å². The summed E-state index contributed by atoms with van der Waals surface area (Å²) in [7, 11) is 3.04. The molecule has 1 aromatic carbocycles. The number of hydrogen-bond acceptors (Lipinski definition) is 6. The average molecular weight is 400 g/mol. The monoisotopic (exact) mass is 400 g/mol.